The van der Waals surface area contributed by atoms with Gasteiger partial charge in [-0.15, -0.1) is 11.3 Å². The highest BCUT2D eigenvalue weighted by Gasteiger charge is 2.06. The fourth-order valence-corrected chi connectivity index (χ4v) is 2.33. The smallest absolute Gasteiger partial charge is 0.266 e. The molecule has 2 aromatic heterocycles. The first-order valence-corrected chi connectivity index (χ1v) is 5.47. The summed E-state index contributed by atoms with van der Waals surface area (Å²) in [6.45, 7) is 0. The summed E-state index contributed by atoms with van der Waals surface area (Å²) in [6.07, 6.45) is 1.70. The third kappa shape index (κ3) is 1.14. The quantitative estimate of drug-likeness (QED) is 0.588. The highest BCUT2D eigenvalue weighted by Crippen LogP contribution is 2.14. The minimum absolute atomic E-state index is 0.0919. The summed E-state index contributed by atoms with van der Waals surface area (Å²) in [5.41, 5.74) is 0.998. The third-order valence-corrected chi connectivity index (χ3v) is 3.14. The summed E-state index contributed by atoms with van der Waals surface area (Å²) in [5, 5.41) is 11.1. The normalized spacial score (nSPS) is 10.7. The van der Waals surface area contributed by atoms with Crippen molar-refractivity contribution in [3.63, 3.8) is 0 Å². The maximum absolute atomic E-state index is 12.0. The molecule has 3 rings (SSSR count). The summed E-state index contributed by atoms with van der Waals surface area (Å²) in [4.78, 5) is 17.0. The van der Waals surface area contributed by atoms with E-state index in [1.165, 1.54) is 15.7 Å². The van der Waals surface area contributed by atoms with E-state index >= 15 is 0 Å². The molecule has 16 heavy (non-hydrogen) atoms. The van der Waals surface area contributed by atoms with Crippen LogP contribution in [0.25, 0.3) is 15.9 Å². The van der Waals surface area contributed by atoms with E-state index in [0.717, 1.165) is 0 Å². The van der Waals surface area contributed by atoms with E-state index in [0.29, 0.717) is 21.4 Å². The van der Waals surface area contributed by atoms with E-state index in [2.05, 4.69) is 4.98 Å². The highest BCUT2D eigenvalue weighted by atomic mass is 32.1. The summed E-state index contributed by atoms with van der Waals surface area (Å²) in [7, 11) is 0. The summed E-state index contributed by atoms with van der Waals surface area (Å²) in [6, 6.07) is 6.95. The lowest BCUT2D eigenvalue weighted by Crippen LogP contribution is -2.12. The van der Waals surface area contributed by atoms with Gasteiger partial charge in [0.1, 0.15) is 0 Å². The molecule has 0 radical (unpaired) electrons. The molecule has 0 saturated heterocycles. The van der Waals surface area contributed by atoms with Gasteiger partial charge < -0.3 is 0 Å². The Morgan fingerprint density at radius 2 is 2.31 bits per heavy atom. The van der Waals surface area contributed by atoms with Gasteiger partial charge in [0.05, 0.1) is 22.5 Å². The molecule has 0 N–H and O–H groups in total. The SMILES string of the molecule is N#Cc1ccc2c(=O)n3ccsc3nc2c1. The van der Waals surface area contributed by atoms with Crippen LogP contribution in [-0.2, 0) is 0 Å². The summed E-state index contributed by atoms with van der Waals surface area (Å²) < 4.78 is 1.51. The number of benzene rings is 1. The molecule has 0 aliphatic carbocycles. The second-order valence-electron chi connectivity index (χ2n) is 3.32. The highest BCUT2D eigenvalue weighted by molar-refractivity contribution is 7.15. The number of aromatic nitrogens is 2. The van der Waals surface area contributed by atoms with Gasteiger partial charge in [-0.3, -0.25) is 9.20 Å². The Labute approximate surface area is 94.0 Å². The van der Waals surface area contributed by atoms with Gasteiger partial charge in [-0.05, 0) is 18.2 Å². The van der Waals surface area contributed by atoms with Gasteiger partial charge >= 0.3 is 0 Å². The van der Waals surface area contributed by atoms with Gasteiger partial charge in [-0.2, -0.15) is 5.26 Å². The first-order valence-electron chi connectivity index (χ1n) is 4.59. The van der Waals surface area contributed by atoms with Crippen molar-refractivity contribution in [2.75, 3.05) is 0 Å². The molecule has 0 unspecified atom stereocenters. The maximum Gasteiger partial charge on any atom is 0.266 e. The van der Waals surface area contributed by atoms with Crippen LogP contribution in [0, 0.1) is 11.3 Å². The molecule has 1 aromatic carbocycles. The van der Waals surface area contributed by atoms with Crippen molar-refractivity contribution in [1.82, 2.24) is 9.38 Å². The lowest BCUT2D eigenvalue weighted by molar-refractivity contribution is 1.11. The van der Waals surface area contributed by atoms with Crippen LogP contribution in [0.5, 0.6) is 0 Å². The second kappa shape index (κ2) is 3.15. The van der Waals surface area contributed by atoms with Crippen molar-refractivity contribution >= 4 is 27.2 Å². The Hall–Kier alpha value is -2.19. The van der Waals surface area contributed by atoms with E-state index in [4.69, 9.17) is 5.26 Å². The number of nitrogens with zero attached hydrogens (tertiary/aromatic N) is 3. The number of nitriles is 1. The molecule has 0 bridgehead atoms. The lowest BCUT2D eigenvalue weighted by Gasteiger charge is -1.98. The van der Waals surface area contributed by atoms with Crippen LogP contribution in [0.15, 0.2) is 34.6 Å². The molecule has 0 spiro atoms. The molecule has 0 amide bonds. The maximum atomic E-state index is 12.0. The van der Waals surface area contributed by atoms with Crippen LogP contribution in [-0.4, -0.2) is 9.38 Å². The largest absolute Gasteiger partial charge is 0.268 e. The molecule has 76 valence electrons. The van der Waals surface area contributed by atoms with Crippen molar-refractivity contribution in [2.45, 2.75) is 0 Å². The van der Waals surface area contributed by atoms with Crippen molar-refractivity contribution in [1.29, 1.82) is 5.26 Å². The van der Waals surface area contributed by atoms with E-state index in [-0.39, 0.29) is 5.56 Å². The Balaban J connectivity index is 2.57. The van der Waals surface area contributed by atoms with Gasteiger partial charge in [0.15, 0.2) is 4.96 Å². The van der Waals surface area contributed by atoms with Gasteiger partial charge in [0, 0.05) is 11.6 Å². The number of rotatable bonds is 0. The average Bonchev–Trinajstić information content (AvgIpc) is 2.77. The Kier molecular flexibility index (Phi) is 1.79. The fourth-order valence-electron chi connectivity index (χ4n) is 1.61. The minimum atomic E-state index is -0.0919. The molecule has 0 aliphatic heterocycles. The monoisotopic (exact) mass is 227 g/mol. The van der Waals surface area contributed by atoms with Crippen LogP contribution in [0.2, 0.25) is 0 Å². The van der Waals surface area contributed by atoms with Gasteiger partial charge in [-0.1, -0.05) is 0 Å². The second-order valence-corrected chi connectivity index (χ2v) is 4.19. The Morgan fingerprint density at radius 1 is 1.44 bits per heavy atom. The predicted molar refractivity (Wildman–Crippen MR) is 61.6 cm³/mol. The van der Waals surface area contributed by atoms with E-state index in [1.54, 1.807) is 24.4 Å². The average molecular weight is 227 g/mol. The molecule has 0 aliphatic rings. The van der Waals surface area contributed by atoms with E-state index < -0.39 is 0 Å². The van der Waals surface area contributed by atoms with Crippen LogP contribution < -0.4 is 5.56 Å². The zero-order valence-corrected chi connectivity index (χ0v) is 8.86. The Bertz CT molecular complexity index is 794. The summed E-state index contributed by atoms with van der Waals surface area (Å²) in [5.74, 6) is 0. The molecule has 0 saturated carbocycles. The van der Waals surface area contributed by atoms with Crippen molar-refractivity contribution < 1.29 is 0 Å². The molecule has 5 heteroatoms. The predicted octanol–water partition coefficient (Wildman–Crippen LogP) is 1.78. The zero-order valence-electron chi connectivity index (χ0n) is 8.04. The van der Waals surface area contributed by atoms with Crippen LogP contribution in [0.4, 0.5) is 0 Å². The van der Waals surface area contributed by atoms with Gasteiger partial charge in [-0.25, -0.2) is 4.98 Å². The molecule has 4 nitrogen and oxygen atoms in total. The van der Waals surface area contributed by atoms with Crippen molar-refractivity contribution in [2.24, 2.45) is 0 Å². The molecule has 2 heterocycles. The number of hydrogen-bond acceptors (Lipinski definition) is 4. The third-order valence-electron chi connectivity index (χ3n) is 2.38. The Morgan fingerprint density at radius 3 is 3.12 bits per heavy atom. The van der Waals surface area contributed by atoms with Crippen LogP contribution in [0.1, 0.15) is 5.56 Å². The molecule has 0 fully saturated rings. The zero-order chi connectivity index (χ0) is 11.1. The standard InChI is InChI=1S/C11H5N3OS/c12-6-7-1-2-8-9(5-7)13-11-14(10(8)15)3-4-16-11/h1-5H. The lowest BCUT2D eigenvalue weighted by atomic mass is 10.2. The van der Waals surface area contributed by atoms with Gasteiger partial charge in [0.25, 0.3) is 5.56 Å². The first kappa shape index (κ1) is 9.07. The number of thiazole rings is 1. The van der Waals surface area contributed by atoms with Crippen LogP contribution in [0.3, 0.4) is 0 Å². The fraction of sp³-hybridized carbons (Fsp3) is 0. The minimum Gasteiger partial charge on any atom is -0.268 e. The van der Waals surface area contributed by atoms with Crippen LogP contribution >= 0.6 is 11.3 Å². The van der Waals surface area contributed by atoms with Gasteiger partial charge in [0.2, 0.25) is 0 Å². The number of hydrogen-bond donors (Lipinski definition) is 0. The molecule has 0 atom stereocenters. The van der Waals surface area contributed by atoms with E-state index in [1.807, 2.05) is 11.4 Å². The van der Waals surface area contributed by atoms with E-state index in [9.17, 15) is 4.79 Å². The van der Waals surface area contributed by atoms with Crippen molar-refractivity contribution in [3.8, 4) is 6.07 Å². The molecular weight excluding hydrogens is 222 g/mol. The number of fused-ring (bicyclic) bond motifs is 2. The molecular formula is C11H5N3OS. The first-order chi connectivity index (χ1) is 7.79. The summed E-state index contributed by atoms with van der Waals surface area (Å²) >= 11 is 1.40. The molecule has 3 aromatic rings. The topological polar surface area (TPSA) is 58.2 Å². The van der Waals surface area contributed by atoms with Crippen molar-refractivity contribution in [3.05, 3.63) is 45.7 Å².